The summed E-state index contributed by atoms with van der Waals surface area (Å²) >= 11 is 0. The van der Waals surface area contributed by atoms with E-state index in [9.17, 15) is 9.18 Å². The first-order valence-electron chi connectivity index (χ1n) is 5.42. The van der Waals surface area contributed by atoms with E-state index < -0.39 is 0 Å². The number of methoxy groups -OCH3 is 1. The Balaban J connectivity index is 1.59. The fourth-order valence-electron chi connectivity index (χ4n) is 6.60. The van der Waals surface area contributed by atoms with Gasteiger partial charge in [-0.25, -0.2) is 0 Å². The highest BCUT2D eigenvalue weighted by molar-refractivity contribution is 5.88. The van der Waals surface area contributed by atoms with Gasteiger partial charge in [0.2, 0.25) is 0 Å². The third-order valence-electron chi connectivity index (χ3n) is 6.61. The summed E-state index contributed by atoms with van der Waals surface area (Å²) in [6, 6.07) is 0. The second-order valence-electron chi connectivity index (χ2n) is 5.83. The van der Waals surface area contributed by atoms with Crippen LogP contribution in [0, 0.1) is 46.3 Å². The van der Waals surface area contributed by atoms with Crippen molar-refractivity contribution in [3.63, 3.8) is 0 Å². The number of hydrogen-bond acceptors (Lipinski definition) is 2. The standard InChI is InChI=1S/C11H11FO2/c1-14-9(13)11-6-3-7(11)5-8(11)4(6)10(3,5)2-12/h3-8H,2H2,1H3. The summed E-state index contributed by atoms with van der Waals surface area (Å²) in [6.07, 6.45) is 0. The molecule has 0 aromatic rings. The van der Waals surface area contributed by atoms with Crippen molar-refractivity contribution in [2.75, 3.05) is 13.8 Å². The molecule has 0 bridgehead atoms. The molecule has 0 N–H and O–H groups in total. The second-order valence-corrected chi connectivity index (χ2v) is 5.83. The Bertz CT molecular complexity index is 349. The summed E-state index contributed by atoms with van der Waals surface area (Å²) < 4.78 is 17.8. The van der Waals surface area contributed by atoms with Gasteiger partial charge in [-0.3, -0.25) is 9.18 Å². The van der Waals surface area contributed by atoms with Crippen LogP contribution in [-0.2, 0) is 9.53 Å². The summed E-state index contributed by atoms with van der Waals surface area (Å²) in [6.45, 7) is -0.131. The first-order chi connectivity index (χ1) is 6.77. The van der Waals surface area contributed by atoms with Gasteiger partial charge in [0.1, 0.15) is 0 Å². The lowest BCUT2D eigenvalue weighted by molar-refractivity contribution is -0.644. The molecule has 0 aromatic carbocycles. The Morgan fingerprint density at radius 1 is 1.21 bits per heavy atom. The monoisotopic (exact) mass is 194 g/mol. The van der Waals surface area contributed by atoms with Crippen LogP contribution in [0.1, 0.15) is 0 Å². The van der Waals surface area contributed by atoms with Crippen LogP contribution in [0.5, 0.6) is 0 Å². The Labute approximate surface area is 80.8 Å². The molecule has 6 fully saturated rings. The second kappa shape index (κ2) is 1.36. The summed E-state index contributed by atoms with van der Waals surface area (Å²) in [7, 11) is 1.48. The molecule has 6 saturated carbocycles. The molecule has 0 unspecified atom stereocenters. The van der Waals surface area contributed by atoms with E-state index in [0.29, 0.717) is 35.5 Å². The van der Waals surface area contributed by atoms with Crippen molar-refractivity contribution in [3.8, 4) is 0 Å². The fourth-order valence-corrected chi connectivity index (χ4v) is 6.60. The highest BCUT2D eigenvalue weighted by atomic mass is 19.1. The molecule has 0 saturated heterocycles. The van der Waals surface area contributed by atoms with Crippen LogP contribution in [-0.4, -0.2) is 19.8 Å². The lowest BCUT2D eigenvalue weighted by Crippen LogP contribution is -3.11. The van der Waals surface area contributed by atoms with Gasteiger partial charge in [-0.05, 0) is 35.5 Å². The number of carbonyl (C=O) groups is 1. The maximum atomic E-state index is 12.9. The molecule has 74 valence electrons. The molecule has 0 aromatic heterocycles. The summed E-state index contributed by atoms with van der Waals surface area (Å²) in [5, 5.41) is 0. The third-order valence-corrected chi connectivity index (χ3v) is 6.61. The maximum Gasteiger partial charge on any atom is 0.312 e. The largest absolute Gasteiger partial charge is 0.469 e. The SMILES string of the molecule is COC(=O)C12C3C4C1C1C2C3C41CF. The molecule has 0 atom stereocenters. The van der Waals surface area contributed by atoms with Crippen LogP contribution in [0.25, 0.3) is 0 Å². The minimum atomic E-state index is -0.131. The predicted molar refractivity (Wildman–Crippen MR) is 43.8 cm³/mol. The smallest absolute Gasteiger partial charge is 0.312 e. The molecule has 0 radical (unpaired) electrons. The van der Waals surface area contributed by atoms with Gasteiger partial charge in [-0.1, -0.05) is 0 Å². The Morgan fingerprint density at radius 2 is 1.71 bits per heavy atom. The van der Waals surface area contributed by atoms with Crippen molar-refractivity contribution in [2.45, 2.75) is 0 Å². The number of carbonyl (C=O) groups excluding carboxylic acids is 1. The van der Waals surface area contributed by atoms with Crippen molar-refractivity contribution in [1.82, 2.24) is 0 Å². The number of halogens is 1. The van der Waals surface area contributed by atoms with Gasteiger partial charge in [-0.2, -0.15) is 0 Å². The summed E-state index contributed by atoms with van der Waals surface area (Å²) in [4.78, 5) is 11.7. The molecule has 14 heavy (non-hydrogen) atoms. The number of alkyl halides is 1. The molecule has 6 aliphatic rings. The molecule has 2 nitrogen and oxygen atoms in total. The topological polar surface area (TPSA) is 26.3 Å². The number of hydrogen-bond donors (Lipinski definition) is 0. The first kappa shape index (κ1) is 6.81. The highest BCUT2D eigenvalue weighted by Crippen LogP contribution is 3.10. The van der Waals surface area contributed by atoms with Crippen LogP contribution in [0.4, 0.5) is 4.39 Å². The van der Waals surface area contributed by atoms with E-state index in [1.54, 1.807) is 0 Å². The van der Waals surface area contributed by atoms with Crippen molar-refractivity contribution in [3.05, 3.63) is 0 Å². The quantitative estimate of drug-likeness (QED) is 0.610. The van der Waals surface area contributed by atoms with E-state index in [1.807, 2.05) is 0 Å². The molecule has 0 aliphatic heterocycles. The minimum absolute atomic E-state index is 0.00779. The summed E-state index contributed by atoms with van der Waals surface area (Å²) in [5.41, 5.74) is 0.0153. The van der Waals surface area contributed by atoms with Crippen molar-refractivity contribution in [1.29, 1.82) is 0 Å². The van der Waals surface area contributed by atoms with Gasteiger partial charge >= 0.3 is 5.97 Å². The molecule has 3 heteroatoms. The molecule has 0 amide bonds. The zero-order valence-corrected chi connectivity index (χ0v) is 7.87. The van der Waals surface area contributed by atoms with E-state index in [1.165, 1.54) is 7.11 Å². The molecule has 0 heterocycles. The van der Waals surface area contributed by atoms with Gasteiger partial charge < -0.3 is 4.74 Å². The van der Waals surface area contributed by atoms with Crippen molar-refractivity contribution < 1.29 is 13.9 Å². The zero-order valence-electron chi connectivity index (χ0n) is 7.87. The van der Waals surface area contributed by atoms with E-state index in [-0.39, 0.29) is 23.5 Å². The van der Waals surface area contributed by atoms with Crippen LogP contribution < -0.4 is 0 Å². The van der Waals surface area contributed by atoms with E-state index in [4.69, 9.17) is 4.74 Å². The first-order valence-corrected chi connectivity index (χ1v) is 5.42. The van der Waals surface area contributed by atoms with Crippen molar-refractivity contribution >= 4 is 5.97 Å². The number of esters is 1. The maximum absolute atomic E-state index is 12.9. The van der Waals surface area contributed by atoms with E-state index in [0.717, 1.165) is 0 Å². The Hall–Kier alpha value is -0.600. The molecule has 0 spiro atoms. The van der Waals surface area contributed by atoms with Crippen LogP contribution in [0.2, 0.25) is 0 Å². The zero-order chi connectivity index (χ0) is 9.46. The third kappa shape index (κ3) is 0.249. The lowest BCUT2D eigenvalue weighted by atomic mass is 8.92. The predicted octanol–water partition coefficient (Wildman–Crippen LogP) is 0.867. The lowest BCUT2D eigenvalue weighted by Gasteiger charge is -3.10. The minimum Gasteiger partial charge on any atom is -0.469 e. The molecular formula is C11H11FO2. The number of ether oxygens (including phenoxy) is 1. The average Bonchev–Trinajstić information content (AvgIpc) is 2.27. The normalized spacial score (nSPS) is 77.0. The van der Waals surface area contributed by atoms with Gasteiger partial charge in [-0.15, -0.1) is 0 Å². The van der Waals surface area contributed by atoms with Gasteiger partial charge in [0.05, 0.1) is 19.2 Å². The molecule has 6 rings (SSSR count). The number of rotatable bonds is 2. The molecular weight excluding hydrogens is 183 g/mol. The average molecular weight is 194 g/mol. The highest BCUT2D eigenvalue weighted by Gasteiger charge is 3.11. The van der Waals surface area contributed by atoms with Gasteiger partial charge in [0.15, 0.2) is 0 Å². The van der Waals surface area contributed by atoms with Gasteiger partial charge in [0.25, 0.3) is 0 Å². The molecule has 6 aliphatic carbocycles. The Morgan fingerprint density at radius 3 is 2.07 bits per heavy atom. The van der Waals surface area contributed by atoms with E-state index >= 15 is 0 Å². The van der Waals surface area contributed by atoms with Crippen LogP contribution in [0.15, 0.2) is 0 Å². The summed E-state index contributed by atoms with van der Waals surface area (Å²) in [5.74, 6) is 3.33. The van der Waals surface area contributed by atoms with Gasteiger partial charge in [0, 0.05) is 5.41 Å². The van der Waals surface area contributed by atoms with Crippen LogP contribution in [0.3, 0.4) is 0 Å². The van der Waals surface area contributed by atoms with E-state index in [2.05, 4.69) is 0 Å². The fraction of sp³-hybridized carbons (Fsp3) is 0.909. The Kier molecular flexibility index (Phi) is 0.662. The van der Waals surface area contributed by atoms with Crippen LogP contribution >= 0.6 is 0 Å². The van der Waals surface area contributed by atoms with Crippen molar-refractivity contribution in [2.24, 2.45) is 46.3 Å².